The zero-order valence-electron chi connectivity index (χ0n) is 18.6. The van der Waals surface area contributed by atoms with Crippen LogP contribution in [-0.2, 0) is 0 Å². The topological polar surface area (TPSA) is 88.6 Å². The number of aromatic nitrogens is 2. The third-order valence-electron chi connectivity index (χ3n) is 6.00. The molecule has 2 N–H and O–H groups in total. The fraction of sp³-hybridized carbons (Fsp3) is 0.320. The van der Waals surface area contributed by atoms with Crippen LogP contribution in [0, 0.1) is 5.92 Å². The number of piperidine rings is 1. The van der Waals surface area contributed by atoms with Crippen molar-refractivity contribution in [1.29, 1.82) is 0 Å². The largest absolute Gasteiger partial charge is 0.486 e. The van der Waals surface area contributed by atoms with E-state index in [1.807, 2.05) is 36.4 Å². The Balaban J connectivity index is 1.18. The highest BCUT2D eigenvalue weighted by atomic mass is 16.6. The van der Waals surface area contributed by atoms with Crippen molar-refractivity contribution in [3.8, 4) is 22.8 Å². The quantitative estimate of drug-likeness (QED) is 0.600. The summed E-state index contributed by atoms with van der Waals surface area (Å²) in [4.78, 5) is 14.7. The number of ether oxygens (including phenoxy) is 2. The van der Waals surface area contributed by atoms with Crippen LogP contribution in [0.3, 0.4) is 0 Å². The van der Waals surface area contributed by atoms with E-state index in [-0.39, 0.29) is 6.03 Å². The van der Waals surface area contributed by atoms with Gasteiger partial charge in [-0.3, -0.25) is 0 Å². The van der Waals surface area contributed by atoms with E-state index in [4.69, 9.17) is 9.47 Å². The van der Waals surface area contributed by atoms with Crippen molar-refractivity contribution in [1.82, 2.24) is 10.2 Å². The van der Waals surface area contributed by atoms with Gasteiger partial charge in [-0.05, 0) is 55.2 Å². The Labute approximate surface area is 192 Å². The van der Waals surface area contributed by atoms with Crippen LogP contribution in [0.1, 0.15) is 19.8 Å². The molecule has 0 saturated carbocycles. The summed E-state index contributed by atoms with van der Waals surface area (Å²) in [6.07, 6.45) is 2.39. The van der Waals surface area contributed by atoms with Gasteiger partial charge >= 0.3 is 6.03 Å². The Kier molecular flexibility index (Phi) is 5.97. The normalized spacial score (nSPS) is 15.7. The highest BCUT2D eigenvalue weighted by molar-refractivity contribution is 6.00. The Bertz CT molecular complexity index is 1110. The molecule has 2 aromatic carbocycles. The molecule has 2 aliphatic rings. The molecule has 1 aromatic heterocycles. The van der Waals surface area contributed by atoms with Gasteiger partial charge in [-0.15, -0.1) is 10.2 Å². The lowest BCUT2D eigenvalue weighted by atomic mass is 9.99. The predicted molar refractivity (Wildman–Crippen MR) is 128 cm³/mol. The Morgan fingerprint density at radius 3 is 2.30 bits per heavy atom. The van der Waals surface area contributed by atoms with E-state index in [0.29, 0.717) is 36.1 Å². The van der Waals surface area contributed by atoms with Crippen LogP contribution in [-0.4, -0.2) is 42.5 Å². The Hall–Kier alpha value is -3.81. The second-order valence-corrected chi connectivity index (χ2v) is 8.46. The molecule has 8 heteroatoms. The van der Waals surface area contributed by atoms with Crippen molar-refractivity contribution in [2.75, 3.05) is 41.8 Å². The number of hydrogen-bond acceptors (Lipinski definition) is 6. The molecule has 0 unspecified atom stereocenters. The minimum absolute atomic E-state index is 0.334. The van der Waals surface area contributed by atoms with E-state index < -0.39 is 0 Å². The summed E-state index contributed by atoms with van der Waals surface area (Å²) in [6.45, 7) is 5.39. The molecule has 0 atom stereocenters. The van der Waals surface area contributed by atoms with E-state index in [1.54, 1.807) is 18.2 Å². The highest BCUT2D eigenvalue weighted by Gasteiger charge is 2.17. The lowest BCUT2D eigenvalue weighted by molar-refractivity contribution is 0.171. The van der Waals surface area contributed by atoms with Crippen LogP contribution in [0.4, 0.5) is 22.0 Å². The fourth-order valence-electron chi connectivity index (χ4n) is 4.02. The molecule has 3 aromatic rings. The number of carbonyl (C=O) groups is 1. The number of amides is 2. The number of rotatable bonds is 4. The molecule has 1 fully saturated rings. The molecule has 0 aliphatic carbocycles. The van der Waals surface area contributed by atoms with Crippen LogP contribution >= 0.6 is 0 Å². The second kappa shape index (κ2) is 9.36. The number of urea groups is 1. The fourth-order valence-corrected chi connectivity index (χ4v) is 4.02. The summed E-state index contributed by atoms with van der Waals surface area (Å²) >= 11 is 0. The van der Waals surface area contributed by atoms with Crippen molar-refractivity contribution in [2.45, 2.75) is 19.8 Å². The third-order valence-corrected chi connectivity index (χ3v) is 6.00. The van der Waals surface area contributed by atoms with Crippen molar-refractivity contribution >= 4 is 23.2 Å². The van der Waals surface area contributed by atoms with Gasteiger partial charge in [-0.1, -0.05) is 19.1 Å². The lowest BCUT2D eigenvalue weighted by Crippen LogP contribution is -2.33. The van der Waals surface area contributed by atoms with Crippen molar-refractivity contribution in [3.63, 3.8) is 0 Å². The van der Waals surface area contributed by atoms with Crippen molar-refractivity contribution < 1.29 is 14.3 Å². The molecule has 8 nitrogen and oxygen atoms in total. The number of fused-ring (bicyclic) bond motifs is 1. The zero-order valence-corrected chi connectivity index (χ0v) is 18.6. The lowest BCUT2D eigenvalue weighted by Gasteiger charge is -2.30. The molecule has 0 spiro atoms. The van der Waals surface area contributed by atoms with Gasteiger partial charge in [0.2, 0.25) is 0 Å². The molecule has 0 bridgehead atoms. The van der Waals surface area contributed by atoms with Gasteiger partial charge in [-0.25, -0.2) is 4.79 Å². The third kappa shape index (κ3) is 5.00. The number of nitrogens with zero attached hydrogens (tertiary/aromatic N) is 3. The molecule has 3 heterocycles. The van der Waals surface area contributed by atoms with Gasteiger partial charge in [0, 0.05) is 36.1 Å². The Morgan fingerprint density at radius 1 is 0.879 bits per heavy atom. The van der Waals surface area contributed by atoms with Gasteiger partial charge in [0.25, 0.3) is 0 Å². The number of carbonyl (C=O) groups excluding carboxylic acids is 1. The first-order chi connectivity index (χ1) is 16.1. The molecule has 33 heavy (non-hydrogen) atoms. The van der Waals surface area contributed by atoms with Crippen molar-refractivity contribution in [2.24, 2.45) is 5.92 Å². The minimum atomic E-state index is -0.334. The number of benzene rings is 2. The SMILES string of the molecule is CC1CCN(c2ccc(-c3ccc(NC(=O)Nc4ccc5c(c4)OCCO5)cc3)nn2)CC1. The molecule has 170 valence electrons. The van der Waals surface area contributed by atoms with Crippen LogP contribution in [0.25, 0.3) is 11.3 Å². The molecule has 0 radical (unpaired) electrons. The summed E-state index contributed by atoms with van der Waals surface area (Å²) in [6, 6.07) is 16.6. The first-order valence-electron chi connectivity index (χ1n) is 11.3. The van der Waals surface area contributed by atoms with Gasteiger partial charge in [0.15, 0.2) is 17.3 Å². The summed E-state index contributed by atoms with van der Waals surface area (Å²) in [5, 5.41) is 14.5. The summed E-state index contributed by atoms with van der Waals surface area (Å²) in [7, 11) is 0. The summed E-state index contributed by atoms with van der Waals surface area (Å²) < 4.78 is 11.1. The van der Waals surface area contributed by atoms with Crippen LogP contribution < -0.4 is 25.0 Å². The maximum atomic E-state index is 12.4. The van der Waals surface area contributed by atoms with Gasteiger partial charge in [-0.2, -0.15) is 0 Å². The Morgan fingerprint density at radius 2 is 1.58 bits per heavy atom. The highest BCUT2D eigenvalue weighted by Crippen LogP contribution is 2.32. The van der Waals surface area contributed by atoms with Gasteiger partial charge in [0.05, 0.1) is 5.69 Å². The zero-order chi connectivity index (χ0) is 22.6. The molecule has 2 amide bonds. The number of anilines is 3. The van der Waals surface area contributed by atoms with Crippen LogP contribution in [0.5, 0.6) is 11.5 Å². The second-order valence-electron chi connectivity index (χ2n) is 8.46. The summed E-state index contributed by atoms with van der Waals surface area (Å²) in [5.41, 5.74) is 3.06. The van der Waals surface area contributed by atoms with Crippen LogP contribution in [0.15, 0.2) is 54.6 Å². The average molecular weight is 446 g/mol. The smallest absolute Gasteiger partial charge is 0.323 e. The molecular weight excluding hydrogens is 418 g/mol. The molecule has 1 saturated heterocycles. The maximum absolute atomic E-state index is 12.4. The average Bonchev–Trinajstić information content (AvgIpc) is 2.85. The predicted octanol–water partition coefficient (Wildman–Crippen LogP) is 4.80. The van der Waals surface area contributed by atoms with E-state index in [2.05, 4.69) is 32.7 Å². The van der Waals surface area contributed by atoms with Gasteiger partial charge < -0.3 is 25.0 Å². The number of hydrogen-bond donors (Lipinski definition) is 2. The first-order valence-corrected chi connectivity index (χ1v) is 11.3. The minimum Gasteiger partial charge on any atom is -0.486 e. The van der Waals surface area contributed by atoms with Crippen molar-refractivity contribution in [3.05, 3.63) is 54.6 Å². The van der Waals surface area contributed by atoms with E-state index in [1.165, 1.54) is 12.8 Å². The van der Waals surface area contributed by atoms with E-state index >= 15 is 0 Å². The first kappa shape index (κ1) is 21.1. The molecule has 5 rings (SSSR count). The standard InChI is InChI=1S/C25H27N5O3/c1-17-10-12-30(13-11-17)24-9-7-21(28-29-24)18-2-4-19(5-3-18)26-25(31)27-20-6-8-22-23(16-20)33-15-14-32-22/h2-9,16-17H,10-15H2,1H3,(H2,26,27,31). The van der Waals surface area contributed by atoms with Crippen LogP contribution in [0.2, 0.25) is 0 Å². The summed E-state index contributed by atoms with van der Waals surface area (Å²) in [5.74, 6) is 3.03. The van der Waals surface area contributed by atoms with E-state index in [0.717, 1.165) is 36.1 Å². The molecular formula is C25H27N5O3. The van der Waals surface area contributed by atoms with E-state index in [9.17, 15) is 4.79 Å². The van der Waals surface area contributed by atoms with Gasteiger partial charge in [0.1, 0.15) is 13.2 Å². The number of nitrogens with one attached hydrogen (secondary N) is 2. The maximum Gasteiger partial charge on any atom is 0.323 e. The monoisotopic (exact) mass is 445 g/mol. The molecule has 2 aliphatic heterocycles.